The topological polar surface area (TPSA) is 86.7 Å². The fraction of sp³-hybridized carbons (Fsp3) is 0.467. The number of hydrogen-bond donors (Lipinski definition) is 3. The minimum Gasteiger partial charge on any atom is -0.378 e. The molecule has 2 aromatic carbocycles. The van der Waals surface area contributed by atoms with Gasteiger partial charge in [0.25, 0.3) is 0 Å². The lowest BCUT2D eigenvalue weighted by atomic mass is 9.85. The minimum absolute atomic E-state index is 0.0658. The molecule has 0 bridgehead atoms. The molecular formula is C30H38N4O3S. The van der Waals surface area contributed by atoms with Crippen LogP contribution >= 0.6 is 11.3 Å². The predicted molar refractivity (Wildman–Crippen MR) is 151 cm³/mol. The van der Waals surface area contributed by atoms with Crippen molar-refractivity contribution in [3.05, 3.63) is 75.6 Å². The summed E-state index contributed by atoms with van der Waals surface area (Å²) in [5.74, 6) is 0. The van der Waals surface area contributed by atoms with Gasteiger partial charge in [-0.2, -0.15) is 0 Å². The number of likely N-dealkylation sites (N-methyl/N-ethyl adjacent to an activating group) is 1. The molecule has 0 radical (unpaired) electrons. The van der Waals surface area contributed by atoms with Crippen LogP contribution in [-0.2, 0) is 28.6 Å². The molecule has 3 aromatic rings. The van der Waals surface area contributed by atoms with Crippen molar-refractivity contribution in [2.45, 2.75) is 70.1 Å². The fourth-order valence-electron chi connectivity index (χ4n) is 5.30. The lowest BCUT2D eigenvalue weighted by molar-refractivity contribution is -0.184. The minimum atomic E-state index is -0.926. The van der Waals surface area contributed by atoms with Crippen molar-refractivity contribution in [2.75, 3.05) is 19.8 Å². The van der Waals surface area contributed by atoms with Gasteiger partial charge in [-0.05, 0) is 48.3 Å². The highest BCUT2D eigenvalue weighted by atomic mass is 32.1. The Bertz CT molecular complexity index is 1260. The molecule has 1 unspecified atom stereocenters. The van der Waals surface area contributed by atoms with Crippen LogP contribution in [0.3, 0.4) is 0 Å². The van der Waals surface area contributed by atoms with Crippen molar-refractivity contribution in [1.82, 2.24) is 20.7 Å². The van der Waals surface area contributed by atoms with Crippen molar-refractivity contribution in [2.24, 2.45) is 0 Å². The SMILES string of the molecule is CCN1C(=O)NNC1(CCCc1ccc(-c2csc(C3(O)COC3)n2)cc1)Cc1ccc(C(C)(C)C)cc1. The van der Waals surface area contributed by atoms with Gasteiger partial charge < -0.3 is 14.7 Å². The van der Waals surface area contributed by atoms with Crippen LogP contribution in [0.2, 0.25) is 0 Å². The molecule has 2 aliphatic heterocycles. The molecule has 5 rings (SSSR count). The molecule has 2 amide bonds. The second-order valence-corrected chi connectivity index (χ2v) is 12.4. The van der Waals surface area contributed by atoms with Crippen molar-refractivity contribution in [3.63, 3.8) is 0 Å². The summed E-state index contributed by atoms with van der Waals surface area (Å²) in [7, 11) is 0. The van der Waals surface area contributed by atoms with E-state index in [0.717, 1.165) is 36.9 Å². The van der Waals surface area contributed by atoms with Gasteiger partial charge in [0.1, 0.15) is 10.7 Å². The van der Waals surface area contributed by atoms with E-state index >= 15 is 0 Å². The Morgan fingerprint density at radius 2 is 1.76 bits per heavy atom. The summed E-state index contributed by atoms with van der Waals surface area (Å²) in [4.78, 5) is 19.2. The summed E-state index contributed by atoms with van der Waals surface area (Å²) in [6, 6.07) is 17.2. The number of hydrazine groups is 1. The van der Waals surface area contributed by atoms with Crippen LogP contribution < -0.4 is 10.9 Å². The Morgan fingerprint density at radius 3 is 2.37 bits per heavy atom. The highest BCUT2D eigenvalue weighted by Gasteiger charge is 2.44. The molecule has 0 spiro atoms. The zero-order valence-corrected chi connectivity index (χ0v) is 23.5. The maximum atomic E-state index is 12.6. The molecule has 3 N–H and O–H groups in total. The summed E-state index contributed by atoms with van der Waals surface area (Å²) in [5, 5.41) is 13.2. The molecule has 1 atom stereocenters. The van der Waals surface area contributed by atoms with Crippen LogP contribution in [0.5, 0.6) is 0 Å². The van der Waals surface area contributed by atoms with Gasteiger partial charge in [-0.25, -0.2) is 15.2 Å². The maximum Gasteiger partial charge on any atom is 0.333 e. The Hall–Kier alpha value is -2.78. The number of carbonyl (C=O) groups excluding carboxylic acids is 1. The number of aromatic nitrogens is 1. The number of rotatable bonds is 9. The monoisotopic (exact) mass is 534 g/mol. The third-order valence-electron chi connectivity index (χ3n) is 7.69. The van der Waals surface area contributed by atoms with Gasteiger partial charge >= 0.3 is 6.03 Å². The number of aliphatic hydroxyl groups is 1. The number of carbonyl (C=O) groups is 1. The number of aryl methyl sites for hydroxylation is 1. The first-order valence-corrected chi connectivity index (χ1v) is 14.3. The molecule has 202 valence electrons. The third kappa shape index (κ3) is 5.36. The zero-order valence-electron chi connectivity index (χ0n) is 22.7. The summed E-state index contributed by atoms with van der Waals surface area (Å²) in [6.45, 7) is 9.97. The quantitative estimate of drug-likeness (QED) is 0.354. The van der Waals surface area contributed by atoms with Crippen LogP contribution in [0.4, 0.5) is 4.79 Å². The molecule has 0 saturated carbocycles. The molecule has 2 fully saturated rings. The van der Waals surface area contributed by atoms with E-state index in [2.05, 4.69) is 85.1 Å². The molecule has 0 aliphatic carbocycles. The number of ether oxygens (including phenoxy) is 1. The van der Waals surface area contributed by atoms with Crippen molar-refractivity contribution in [3.8, 4) is 11.3 Å². The number of hydrogen-bond acceptors (Lipinski definition) is 6. The van der Waals surface area contributed by atoms with E-state index in [4.69, 9.17) is 4.74 Å². The second-order valence-electron chi connectivity index (χ2n) is 11.6. The Kier molecular flexibility index (Phi) is 7.35. The van der Waals surface area contributed by atoms with Crippen LogP contribution in [0.1, 0.15) is 62.2 Å². The van der Waals surface area contributed by atoms with Crippen molar-refractivity contribution in [1.29, 1.82) is 0 Å². The normalized spacial score (nSPS) is 20.9. The molecule has 2 aliphatic rings. The van der Waals surface area contributed by atoms with Crippen molar-refractivity contribution < 1.29 is 14.6 Å². The highest BCUT2D eigenvalue weighted by molar-refractivity contribution is 7.10. The lowest BCUT2D eigenvalue weighted by Crippen LogP contribution is -2.54. The van der Waals surface area contributed by atoms with E-state index in [0.29, 0.717) is 24.8 Å². The van der Waals surface area contributed by atoms with Gasteiger partial charge in [-0.3, -0.25) is 5.43 Å². The Labute approximate surface area is 229 Å². The van der Waals surface area contributed by atoms with E-state index < -0.39 is 11.3 Å². The number of amides is 2. The van der Waals surface area contributed by atoms with Crippen LogP contribution in [0.15, 0.2) is 53.9 Å². The van der Waals surface area contributed by atoms with E-state index in [1.807, 2.05) is 17.2 Å². The van der Waals surface area contributed by atoms with E-state index in [-0.39, 0.29) is 11.4 Å². The average Bonchev–Trinajstić information content (AvgIpc) is 3.48. The number of thiazole rings is 1. The van der Waals surface area contributed by atoms with Crippen LogP contribution in [-0.4, -0.2) is 46.4 Å². The number of nitrogens with one attached hydrogen (secondary N) is 2. The number of benzene rings is 2. The number of nitrogens with zero attached hydrogens (tertiary/aromatic N) is 2. The third-order valence-corrected chi connectivity index (χ3v) is 8.72. The van der Waals surface area contributed by atoms with Gasteiger partial charge in [0.05, 0.1) is 18.9 Å². The van der Waals surface area contributed by atoms with Gasteiger partial charge in [0.15, 0.2) is 5.60 Å². The van der Waals surface area contributed by atoms with Gasteiger partial charge in [-0.1, -0.05) is 69.3 Å². The average molecular weight is 535 g/mol. The zero-order chi connectivity index (χ0) is 27.0. The van der Waals surface area contributed by atoms with E-state index in [1.54, 1.807) is 0 Å². The molecule has 7 nitrogen and oxygen atoms in total. The lowest BCUT2D eigenvalue weighted by Gasteiger charge is -2.36. The molecule has 2 saturated heterocycles. The Morgan fingerprint density at radius 1 is 1.08 bits per heavy atom. The van der Waals surface area contributed by atoms with E-state index in [1.165, 1.54) is 28.0 Å². The Balaban J connectivity index is 1.24. The molecular weight excluding hydrogens is 496 g/mol. The molecule has 8 heteroatoms. The van der Waals surface area contributed by atoms with Gasteiger partial charge in [0.2, 0.25) is 0 Å². The first-order valence-electron chi connectivity index (χ1n) is 13.4. The first-order chi connectivity index (χ1) is 18.1. The number of urea groups is 1. The maximum absolute atomic E-state index is 12.6. The highest BCUT2D eigenvalue weighted by Crippen LogP contribution is 2.34. The standard InChI is InChI=1S/C30H38N4O3S/c1-5-34-27(35)32-33-30(34,17-22-10-14-24(15-11-22)28(2,3)4)16-6-7-21-8-12-23(13-9-21)25-18-38-26(31-25)29(36)19-37-20-29/h8-15,18,33,36H,5-7,16-17,19-20H2,1-4H3,(H,32,35). The van der Waals surface area contributed by atoms with Crippen molar-refractivity contribution >= 4 is 17.4 Å². The van der Waals surface area contributed by atoms with Gasteiger partial charge in [0, 0.05) is 23.9 Å². The summed E-state index contributed by atoms with van der Waals surface area (Å²) in [5.41, 5.74) is 10.6. The smallest absolute Gasteiger partial charge is 0.333 e. The largest absolute Gasteiger partial charge is 0.378 e. The summed E-state index contributed by atoms with van der Waals surface area (Å²) in [6.07, 6.45) is 3.43. The predicted octanol–water partition coefficient (Wildman–Crippen LogP) is 5.14. The molecule has 3 heterocycles. The summed E-state index contributed by atoms with van der Waals surface area (Å²) < 4.78 is 5.16. The fourth-order valence-corrected chi connectivity index (χ4v) is 6.20. The molecule has 1 aromatic heterocycles. The summed E-state index contributed by atoms with van der Waals surface area (Å²) >= 11 is 1.48. The van der Waals surface area contributed by atoms with Crippen LogP contribution in [0.25, 0.3) is 11.3 Å². The van der Waals surface area contributed by atoms with E-state index in [9.17, 15) is 9.90 Å². The van der Waals surface area contributed by atoms with Gasteiger partial charge in [-0.15, -0.1) is 11.3 Å². The molecule has 38 heavy (non-hydrogen) atoms. The van der Waals surface area contributed by atoms with Crippen LogP contribution in [0, 0.1) is 0 Å². The first kappa shape index (κ1) is 26.8. The second kappa shape index (κ2) is 10.4.